The standard InChI is InChI=1S/C34H41F6N3O2.2ClH/c1-23(2)15-31-22-45-14-13-42(31)10-6-5-9-41-11-12-43(30(21-41)17-26-8-7-24(3)25(4)16-26)32(44)27-18-28(33(35,36)37)20-29(19-27)34(38,39)40;;/h7-8,16,18-20,23,30-31H,9-15,17,21-22H2,1-4H3;2*1H/t30-,31+;;/m1../s1. The third kappa shape index (κ3) is 11.3. The van der Waals surface area contributed by atoms with Gasteiger partial charge in [-0.25, -0.2) is 0 Å². The summed E-state index contributed by atoms with van der Waals surface area (Å²) in [7, 11) is 0. The number of morpholine rings is 1. The first-order valence-corrected chi connectivity index (χ1v) is 15.3. The van der Waals surface area contributed by atoms with Crippen LogP contribution in [0.1, 0.15) is 58.4 Å². The SMILES string of the molecule is Cc1ccc(C[C@@H]2CN(CC#CCN3CCOC[C@@H]3CC(C)C)CCN2C(=O)c2cc(C(F)(F)F)cc(C(F)(F)F)c2)cc1C.Cl.Cl. The number of piperazine rings is 1. The molecule has 2 saturated heterocycles. The molecule has 2 aromatic carbocycles. The van der Waals surface area contributed by atoms with E-state index in [-0.39, 0.29) is 37.4 Å². The molecule has 0 aromatic heterocycles. The predicted octanol–water partition coefficient (Wildman–Crippen LogP) is 7.30. The van der Waals surface area contributed by atoms with Gasteiger partial charge in [0.15, 0.2) is 0 Å². The Balaban J connectivity index is 0.00000384. The lowest BCUT2D eigenvalue weighted by Crippen LogP contribution is -2.56. The Bertz CT molecular complexity index is 1370. The average molecular weight is 711 g/mol. The number of benzene rings is 2. The molecule has 2 fully saturated rings. The third-order valence-corrected chi connectivity index (χ3v) is 8.51. The molecular formula is C34H43Cl2F6N3O2. The van der Waals surface area contributed by atoms with Gasteiger partial charge in [0.1, 0.15) is 0 Å². The summed E-state index contributed by atoms with van der Waals surface area (Å²) < 4.78 is 87.0. The number of ether oxygens (including phenoxy) is 1. The van der Waals surface area contributed by atoms with Crippen molar-refractivity contribution in [2.24, 2.45) is 5.92 Å². The number of rotatable bonds is 7. The lowest BCUT2D eigenvalue weighted by Gasteiger charge is -2.41. The molecule has 4 rings (SSSR count). The lowest BCUT2D eigenvalue weighted by molar-refractivity contribution is -0.143. The summed E-state index contributed by atoms with van der Waals surface area (Å²) in [6, 6.07) is 6.81. The first kappa shape index (κ1) is 40.7. The van der Waals surface area contributed by atoms with Crippen LogP contribution in [0.3, 0.4) is 0 Å². The Kier molecular flexibility index (Phi) is 14.9. The van der Waals surface area contributed by atoms with Crippen LogP contribution in [0, 0.1) is 31.6 Å². The number of carbonyl (C=O) groups excluding carboxylic acids is 1. The van der Waals surface area contributed by atoms with Crippen LogP contribution in [0.25, 0.3) is 0 Å². The highest BCUT2D eigenvalue weighted by molar-refractivity contribution is 5.95. The maximum atomic E-state index is 13.7. The first-order chi connectivity index (χ1) is 21.1. The van der Waals surface area contributed by atoms with Gasteiger partial charge >= 0.3 is 12.4 Å². The van der Waals surface area contributed by atoms with Crippen LogP contribution in [-0.2, 0) is 23.5 Å². The van der Waals surface area contributed by atoms with Crippen LogP contribution in [0.5, 0.6) is 0 Å². The van der Waals surface area contributed by atoms with Crippen molar-refractivity contribution in [1.82, 2.24) is 14.7 Å². The number of alkyl halides is 6. The molecule has 0 N–H and O–H groups in total. The van der Waals surface area contributed by atoms with Crippen molar-refractivity contribution in [2.75, 3.05) is 52.5 Å². The molecule has 2 aliphatic heterocycles. The number of hydrogen-bond acceptors (Lipinski definition) is 4. The molecule has 2 heterocycles. The minimum absolute atomic E-state index is 0. The van der Waals surface area contributed by atoms with E-state index in [4.69, 9.17) is 4.74 Å². The largest absolute Gasteiger partial charge is 0.416 e. The molecule has 262 valence electrons. The molecule has 1 amide bonds. The highest BCUT2D eigenvalue weighted by Gasteiger charge is 2.39. The second kappa shape index (κ2) is 17.3. The van der Waals surface area contributed by atoms with Crippen molar-refractivity contribution in [3.8, 4) is 11.8 Å². The quantitative estimate of drug-likeness (QED) is 0.223. The van der Waals surface area contributed by atoms with Crippen molar-refractivity contribution >= 4 is 30.7 Å². The van der Waals surface area contributed by atoms with Crippen molar-refractivity contribution in [2.45, 2.75) is 65.0 Å². The molecule has 2 aromatic rings. The van der Waals surface area contributed by atoms with Gasteiger partial charge in [0, 0.05) is 43.8 Å². The van der Waals surface area contributed by atoms with Gasteiger partial charge in [-0.05, 0) is 67.5 Å². The Morgan fingerprint density at radius 1 is 0.872 bits per heavy atom. The van der Waals surface area contributed by atoms with Gasteiger partial charge in [0.05, 0.1) is 37.4 Å². The van der Waals surface area contributed by atoms with Crippen LogP contribution >= 0.6 is 24.8 Å². The molecule has 5 nitrogen and oxygen atoms in total. The van der Waals surface area contributed by atoms with Crippen molar-refractivity contribution in [3.63, 3.8) is 0 Å². The van der Waals surface area contributed by atoms with Gasteiger partial charge in [-0.2, -0.15) is 26.3 Å². The van der Waals surface area contributed by atoms with E-state index in [1.54, 1.807) is 0 Å². The summed E-state index contributed by atoms with van der Waals surface area (Å²) in [5, 5.41) is 0. The fourth-order valence-electron chi connectivity index (χ4n) is 5.94. The minimum Gasteiger partial charge on any atom is -0.378 e. The van der Waals surface area contributed by atoms with Gasteiger partial charge in [-0.1, -0.05) is 43.9 Å². The number of halogens is 8. The predicted molar refractivity (Wildman–Crippen MR) is 175 cm³/mol. The summed E-state index contributed by atoms with van der Waals surface area (Å²) in [6.45, 7) is 12.4. The number of hydrogen-bond donors (Lipinski definition) is 0. The summed E-state index contributed by atoms with van der Waals surface area (Å²) in [5.41, 5.74) is -0.566. The summed E-state index contributed by atoms with van der Waals surface area (Å²) in [6.07, 6.45) is -8.66. The molecule has 13 heteroatoms. The van der Waals surface area contributed by atoms with Crippen LogP contribution in [0.2, 0.25) is 0 Å². The zero-order valence-electron chi connectivity index (χ0n) is 27.0. The van der Waals surface area contributed by atoms with Crippen molar-refractivity contribution in [1.29, 1.82) is 0 Å². The van der Waals surface area contributed by atoms with Crippen molar-refractivity contribution in [3.05, 3.63) is 69.8 Å². The number of carbonyl (C=O) groups is 1. The molecule has 0 saturated carbocycles. The van der Waals surface area contributed by atoms with Crippen LogP contribution in [-0.4, -0.2) is 85.2 Å². The molecule has 47 heavy (non-hydrogen) atoms. The molecule has 2 atom stereocenters. The maximum Gasteiger partial charge on any atom is 0.416 e. The normalized spacial score (nSPS) is 19.4. The third-order valence-electron chi connectivity index (χ3n) is 8.51. The van der Waals surface area contributed by atoms with E-state index in [9.17, 15) is 31.1 Å². The summed E-state index contributed by atoms with van der Waals surface area (Å²) in [4.78, 5) is 19.5. The second-order valence-corrected chi connectivity index (χ2v) is 12.5. The van der Waals surface area contributed by atoms with Crippen molar-refractivity contribution < 1.29 is 35.9 Å². The molecule has 2 aliphatic rings. The fourth-order valence-corrected chi connectivity index (χ4v) is 5.94. The molecular weight excluding hydrogens is 667 g/mol. The minimum atomic E-state index is -5.04. The Morgan fingerprint density at radius 2 is 1.51 bits per heavy atom. The Morgan fingerprint density at radius 3 is 2.11 bits per heavy atom. The van der Waals surface area contributed by atoms with E-state index in [1.165, 1.54) is 4.90 Å². The lowest BCUT2D eigenvalue weighted by atomic mass is 9.97. The van der Waals surface area contributed by atoms with E-state index >= 15 is 0 Å². The Labute approximate surface area is 285 Å². The van der Waals surface area contributed by atoms with Gasteiger partial charge in [0.2, 0.25) is 0 Å². The zero-order valence-corrected chi connectivity index (χ0v) is 28.6. The molecule has 0 bridgehead atoms. The molecule has 0 spiro atoms. The van der Waals surface area contributed by atoms with Gasteiger partial charge in [-0.15, -0.1) is 24.8 Å². The summed E-state index contributed by atoms with van der Waals surface area (Å²) >= 11 is 0. The van der Waals surface area contributed by atoms with Gasteiger partial charge < -0.3 is 9.64 Å². The highest BCUT2D eigenvalue weighted by atomic mass is 35.5. The monoisotopic (exact) mass is 709 g/mol. The number of nitrogens with zero attached hydrogens (tertiary/aromatic N) is 3. The van der Waals surface area contributed by atoms with Crippen LogP contribution in [0.4, 0.5) is 26.3 Å². The fraction of sp³-hybridized carbons (Fsp3) is 0.559. The Hall–Kier alpha value is -2.49. The smallest absolute Gasteiger partial charge is 0.378 e. The average Bonchev–Trinajstić information content (AvgIpc) is 2.96. The van der Waals surface area contributed by atoms with Crippen LogP contribution < -0.4 is 0 Å². The second-order valence-electron chi connectivity index (χ2n) is 12.5. The topological polar surface area (TPSA) is 36.0 Å². The molecule has 0 unspecified atom stereocenters. The highest BCUT2D eigenvalue weighted by Crippen LogP contribution is 2.37. The zero-order chi connectivity index (χ0) is 32.9. The van der Waals surface area contributed by atoms with E-state index in [1.807, 2.05) is 32.0 Å². The first-order valence-electron chi connectivity index (χ1n) is 15.3. The van der Waals surface area contributed by atoms with Gasteiger partial charge in [0.25, 0.3) is 5.91 Å². The van der Waals surface area contributed by atoms with Gasteiger partial charge in [-0.3, -0.25) is 14.6 Å². The summed E-state index contributed by atoms with van der Waals surface area (Å²) in [5.74, 6) is 6.20. The van der Waals surface area contributed by atoms with E-state index < -0.39 is 41.0 Å². The molecule has 0 aliphatic carbocycles. The van der Waals surface area contributed by atoms with E-state index in [0.717, 1.165) is 29.7 Å². The van der Waals surface area contributed by atoms with Crippen LogP contribution in [0.15, 0.2) is 36.4 Å². The number of aryl methyl sites for hydroxylation is 2. The maximum absolute atomic E-state index is 13.7. The molecule has 0 radical (unpaired) electrons. The van der Waals surface area contributed by atoms with E-state index in [0.29, 0.717) is 69.9 Å². The van der Waals surface area contributed by atoms with E-state index in [2.05, 4.69) is 35.5 Å². The number of amides is 1.